The smallest absolute Gasteiger partial charge is 0.308 e. The quantitative estimate of drug-likeness (QED) is 0.0528. The fraction of sp³-hybridized carbons (Fsp3) is 0.571. The van der Waals surface area contributed by atoms with Gasteiger partial charge >= 0.3 is 23.9 Å². The van der Waals surface area contributed by atoms with Gasteiger partial charge in [-0.3, -0.25) is 33.8 Å². The number of benzene rings is 1. The van der Waals surface area contributed by atoms with Crippen LogP contribution >= 0.6 is 22.6 Å². The summed E-state index contributed by atoms with van der Waals surface area (Å²) < 4.78 is 38.6. The molecule has 1 unspecified atom stereocenters. The van der Waals surface area contributed by atoms with E-state index in [0.29, 0.717) is 31.2 Å². The maximum atomic E-state index is 15.5. The molecule has 1 N–H and O–H groups in total. The van der Waals surface area contributed by atoms with Crippen LogP contribution in [0, 0.1) is 47.3 Å². The van der Waals surface area contributed by atoms with Crippen LogP contribution in [0.5, 0.6) is 11.5 Å². The summed E-state index contributed by atoms with van der Waals surface area (Å²) in [4.78, 5) is 82.4. The zero-order valence-electron chi connectivity index (χ0n) is 38.1. The van der Waals surface area contributed by atoms with Crippen molar-refractivity contribution in [3.8, 4) is 11.5 Å². The number of esters is 4. The van der Waals surface area contributed by atoms with E-state index in [1.165, 1.54) is 40.0 Å². The Balaban J connectivity index is 1.38. The third-order valence-corrected chi connectivity index (χ3v) is 14.0. The Bertz CT molecular complexity index is 2130. The van der Waals surface area contributed by atoms with Crippen molar-refractivity contribution in [2.75, 3.05) is 0 Å². The van der Waals surface area contributed by atoms with Gasteiger partial charge in [0.05, 0.1) is 12.2 Å². The second kappa shape index (κ2) is 20.8. The molecular weight excluding hydrogens is 935 g/mol. The lowest BCUT2D eigenvalue weighted by Gasteiger charge is -2.54. The minimum atomic E-state index is -1.26. The van der Waals surface area contributed by atoms with Gasteiger partial charge < -0.3 is 33.7 Å². The summed E-state index contributed by atoms with van der Waals surface area (Å²) in [6.07, 6.45) is 11.4. The molecule has 1 spiro atoms. The van der Waals surface area contributed by atoms with Crippen molar-refractivity contribution >= 4 is 64.4 Å². The van der Waals surface area contributed by atoms with Gasteiger partial charge in [-0.2, -0.15) is 0 Å². The van der Waals surface area contributed by atoms with Crippen LogP contribution in [-0.4, -0.2) is 65.8 Å². The molecular formula is C49H61IN2O12. The van der Waals surface area contributed by atoms with E-state index in [9.17, 15) is 24.0 Å². The van der Waals surface area contributed by atoms with Crippen LogP contribution in [0.15, 0.2) is 68.6 Å². The lowest BCUT2D eigenvalue weighted by Crippen LogP contribution is -2.56. The number of ether oxygens (including phenoxy) is 6. The molecule has 3 fully saturated rings. The van der Waals surface area contributed by atoms with Crippen molar-refractivity contribution in [2.24, 2.45) is 52.3 Å². The number of rotatable bonds is 12. The summed E-state index contributed by atoms with van der Waals surface area (Å²) >= 11 is 2.08. The molecule has 15 heteroatoms. The van der Waals surface area contributed by atoms with Crippen molar-refractivity contribution in [1.82, 2.24) is 5.32 Å². The van der Waals surface area contributed by atoms with Crippen LogP contribution in [0.4, 0.5) is 0 Å². The summed E-state index contributed by atoms with van der Waals surface area (Å²) in [5, 5.41) is 2.77. The predicted molar refractivity (Wildman–Crippen MR) is 245 cm³/mol. The molecule has 2 aliphatic carbocycles. The van der Waals surface area contributed by atoms with Gasteiger partial charge in [-0.25, -0.2) is 0 Å². The number of nitrogens with one attached hydrogen (secondary N) is 1. The minimum absolute atomic E-state index is 0.0218. The van der Waals surface area contributed by atoms with Crippen molar-refractivity contribution in [3.63, 3.8) is 0 Å². The van der Waals surface area contributed by atoms with Gasteiger partial charge in [0.1, 0.15) is 23.3 Å². The fourth-order valence-electron chi connectivity index (χ4n) is 10.8. The second-order valence-corrected chi connectivity index (χ2v) is 19.0. The molecule has 1 saturated carbocycles. The number of amides is 1. The predicted octanol–water partition coefficient (Wildman–Crippen LogP) is 8.38. The first-order chi connectivity index (χ1) is 30.3. The molecule has 1 aromatic rings. The van der Waals surface area contributed by atoms with E-state index < -0.39 is 59.7 Å². The van der Waals surface area contributed by atoms with Gasteiger partial charge in [-0.15, -0.1) is 0 Å². The number of halogens is 1. The van der Waals surface area contributed by atoms with Gasteiger partial charge in [0.2, 0.25) is 0 Å². The number of carbonyl (C=O) groups excluding carboxylic acids is 6. The Morgan fingerprint density at radius 2 is 1.53 bits per heavy atom. The van der Waals surface area contributed by atoms with Crippen LogP contribution in [0.3, 0.4) is 0 Å². The average Bonchev–Trinajstić information content (AvgIpc) is 3.51. The number of hydrogen-bond acceptors (Lipinski definition) is 13. The molecule has 1 aromatic carbocycles. The number of ketones is 1. The number of carbonyl (C=O) groups is 6. The summed E-state index contributed by atoms with van der Waals surface area (Å²) in [6.45, 7) is 15.6. The summed E-state index contributed by atoms with van der Waals surface area (Å²) in [6, 6.07) is 3.70. The minimum Gasteiger partial charge on any atom is -0.462 e. The average molecular weight is 997 g/mol. The molecule has 3 heterocycles. The van der Waals surface area contributed by atoms with Crippen molar-refractivity contribution in [3.05, 3.63) is 69.2 Å². The van der Waals surface area contributed by atoms with Crippen LogP contribution in [0.25, 0.3) is 0 Å². The largest absolute Gasteiger partial charge is 0.462 e. The SMILES string of the molecule is CC(=O)OC1=C(C(=O)[C@@H]2[C@H]3[C@@H](C)[C@H](OC(C)=O)CC[C@H]3C=C(C)[C@H]2C[C@@H]2O[C@]3(CC[C@@H](C)[C@H](c4cc(OC(C)=O)cc(OC(C)=O)c4)O3)[C@H](C)C[C@H]2C)NC(=O)C1N=C/C=C\C=C/I. The Morgan fingerprint density at radius 3 is 2.16 bits per heavy atom. The molecule has 6 rings (SSSR count). The highest BCUT2D eigenvalue weighted by Crippen LogP contribution is 2.55. The number of hydrogen-bond donors (Lipinski definition) is 1. The van der Waals surface area contributed by atoms with Crippen molar-refractivity contribution < 1.29 is 57.2 Å². The van der Waals surface area contributed by atoms with Gasteiger partial charge in [0.15, 0.2) is 23.4 Å². The third kappa shape index (κ3) is 11.0. The Hall–Kier alpha value is -4.48. The van der Waals surface area contributed by atoms with E-state index in [1.807, 2.05) is 17.9 Å². The van der Waals surface area contributed by atoms with Gasteiger partial charge in [0.25, 0.3) is 5.91 Å². The fourth-order valence-corrected chi connectivity index (χ4v) is 11.0. The Morgan fingerprint density at radius 1 is 0.859 bits per heavy atom. The molecule has 13 atom stereocenters. The van der Waals surface area contributed by atoms with Gasteiger partial charge in [-0.05, 0) is 102 Å². The monoisotopic (exact) mass is 996 g/mol. The maximum Gasteiger partial charge on any atom is 0.308 e. The lowest BCUT2D eigenvalue weighted by atomic mass is 9.56. The van der Waals surface area contributed by atoms with Gasteiger partial charge in [0, 0.05) is 58.2 Å². The number of nitrogens with zero attached hydrogens (tertiary/aromatic N) is 1. The molecule has 1 amide bonds. The number of Topliss-reactive ketones (excluding diaryl/α,β-unsaturated/α-hetero) is 1. The van der Waals surface area contributed by atoms with Crippen LogP contribution in [0.1, 0.15) is 113 Å². The lowest BCUT2D eigenvalue weighted by molar-refractivity contribution is -0.356. The van der Waals surface area contributed by atoms with E-state index in [0.717, 1.165) is 18.4 Å². The normalized spacial score (nSPS) is 34.1. The van der Waals surface area contributed by atoms with Crippen molar-refractivity contribution in [1.29, 1.82) is 0 Å². The molecule has 3 aliphatic heterocycles. The number of allylic oxidation sites excluding steroid dienone is 6. The molecule has 0 aromatic heterocycles. The maximum absolute atomic E-state index is 15.5. The van der Waals surface area contributed by atoms with E-state index in [-0.39, 0.29) is 76.3 Å². The first-order valence-corrected chi connectivity index (χ1v) is 23.5. The van der Waals surface area contributed by atoms with E-state index in [4.69, 9.17) is 28.4 Å². The van der Waals surface area contributed by atoms with Crippen LogP contribution < -0.4 is 14.8 Å². The zero-order chi connectivity index (χ0) is 46.6. The number of fused-ring (bicyclic) bond motifs is 1. The first-order valence-electron chi connectivity index (χ1n) is 22.3. The summed E-state index contributed by atoms with van der Waals surface area (Å²) in [7, 11) is 0. The van der Waals surface area contributed by atoms with Crippen molar-refractivity contribution in [2.45, 2.75) is 131 Å². The highest BCUT2D eigenvalue weighted by atomic mass is 127. The third-order valence-electron chi connectivity index (χ3n) is 13.6. The Labute approximate surface area is 389 Å². The highest BCUT2D eigenvalue weighted by molar-refractivity contribution is 14.1. The van der Waals surface area contributed by atoms with E-state index >= 15 is 4.79 Å². The summed E-state index contributed by atoms with van der Waals surface area (Å²) in [5.74, 6) is -5.40. The topological polar surface area (TPSA) is 182 Å². The summed E-state index contributed by atoms with van der Waals surface area (Å²) in [5.41, 5.74) is 1.60. The molecule has 5 aliphatic rings. The molecule has 2 saturated heterocycles. The van der Waals surface area contributed by atoms with Crippen LogP contribution in [-0.2, 0) is 47.7 Å². The van der Waals surface area contributed by atoms with E-state index in [1.54, 1.807) is 30.4 Å². The molecule has 346 valence electrons. The molecule has 64 heavy (non-hydrogen) atoms. The second-order valence-electron chi connectivity index (χ2n) is 18.3. The molecule has 14 nitrogen and oxygen atoms in total. The molecule has 0 radical (unpaired) electrons. The molecule has 0 bridgehead atoms. The van der Waals surface area contributed by atoms with E-state index in [2.05, 4.69) is 59.7 Å². The Kier molecular flexibility index (Phi) is 15.9. The first kappa shape index (κ1) is 49.0. The highest BCUT2D eigenvalue weighted by Gasteiger charge is 2.56. The zero-order valence-corrected chi connectivity index (χ0v) is 40.2. The number of aliphatic imine (C=N–C) groups is 1. The van der Waals surface area contributed by atoms with Crippen LogP contribution in [0.2, 0.25) is 0 Å². The van der Waals surface area contributed by atoms with Gasteiger partial charge in [-0.1, -0.05) is 74.1 Å². The standard InChI is InChI=1S/C49H61IN2O12/c1-25-15-16-49(64-46(25)35-21-36(59-30(6)53)23-37(22-35)60-31(7)54)28(4)19-27(3)40(63-49)24-38-26(2)20-34-13-14-39(61-32(8)55)29(5)41(34)42(38)45(57)43-47(62-33(9)56)44(48(58)52-43)51-18-12-10-11-17-50/h10-12,17-18,20-23,25,27-29,34,38-42,44,46H,13-16,19,24H2,1-9H3,(H,52,58)/b12-10-,17-11-,51-18?/t25-,27-,28-,29+,34+,38-,39-,40+,41+,42+,44?,46-,49+/m1/s1.